The molecule has 0 aliphatic carbocycles. The van der Waals surface area contributed by atoms with Crippen molar-refractivity contribution in [1.29, 1.82) is 0 Å². The Morgan fingerprint density at radius 1 is 0.793 bits per heavy atom. The predicted molar refractivity (Wildman–Crippen MR) is 116 cm³/mol. The van der Waals surface area contributed by atoms with Gasteiger partial charge in [0.05, 0.1) is 13.7 Å². The number of methoxy groups -OCH3 is 1. The van der Waals surface area contributed by atoms with E-state index in [1.807, 2.05) is 56.3 Å². The number of ether oxygens (including phenoxy) is 1. The molecule has 148 valence electrons. The molecule has 0 amide bonds. The first-order valence-corrected chi connectivity index (χ1v) is 9.83. The minimum atomic E-state index is 0.691. The Labute approximate surface area is 172 Å². The second-order valence-electron chi connectivity index (χ2n) is 6.27. The van der Waals surface area contributed by atoms with E-state index in [4.69, 9.17) is 4.74 Å². The van der Waals surface area contributed by atoms with Gasteiger partial charge in [-0.3, -0.25) is 4.98 Å². The fraction of sp³-hybridized carbons (Fsp3) is 0.208. The molecule has 0 fully saturated rings. The van der Waals surface area contributed by atoms with Gasteiger partial charge in [-0.25, -0.2) is 0 Å². The normalized spacial score (nSPS) is 10.2. The molecule has 0 N–H and O–H groups in total. The van der Waals surface area contributed by atoms with Crippen LogP contribution in [0.5, 0.6) is 5.75 Å². The summed E-state index contributed by atoms with van der Waals surface area (Å²) in [5, 5.41) is 8.96. The second kappa shape index (κ2) is 10.2. The first-order valence-electron chi connectivity index (χ1n) is 9.83. The molecule has 0 atom stereocenters. The van der Waals surface area contributed by atoms with Crippen molar-refractivity contribution >= 4 is 0 Å². The molecule has 0 saturated carbocycles. The van der Waals surface area contributed by atoms with E-state index in [0.29, 0.717) is 6.54 Å². The molecular formula is C24H26N4O. The number of hydrogen-bond donors (Lipinski definition) is 0. The van der Waals surface area contributed by atoms with Gasteiger partial charge in [0.15, 0.2) is 5.82 Å². The SMILES string of the molecule is CC.COc1ccc(Cn2c(Cc3ccccc3)nnc2-c2ccncc2)cc1. The third kappa shape index (κ3) is 5.08. The van der Waals surface area contributed by atoms with Crippen LogP contribution in [0.4, 0.5) is 0 Å². The average Bonchev–Trinajstić information content (AvgIpc) is 3.19. The lowest BCUT2D eigenvalue weighted by Crippen LogP contribution is -2.08. The highest BCUT2D eigenvalue weighted by atomic mass is 16.5. The number of rotatable bonds is 6. The van der Waals surface area contributed by atoms with E-state index in [9.17, 15) is 0 Å². The van der Waals surface area contributed by atoms with Gasteiger partial charge in [-0.2, -0.15) is 0 Å². The molecule has 0 unspecified atom stereocenters. The van der Waals surface area contributed by atoms with Gasteiger partial charge in [-0.15, -0.1) is 10.2 Å². The van der Waals surface area contributed by atoms with Crippen molar-refractivity contribution in [3.8, 4) is 17.1 Å². The summed E-state index contributed by atoms with van der Waals surface area (Å²) in [5.74, 6) is 2.63. The zero-order valence-electron chi connectivity index (χ0n) is 17.1. The monoisotopic (exact) mass is 386 g/mol. The lowest BCUT2D eigenvalue weighted by atomic mass is 10.1. The lowest BCUT2D eigenvalue weighted by molar-refractivity contribution is 0.414. The van der Waals surface area contributed by atoms with E-state index in [0.717, 1.165) is 29.4 Å². The standard InChI is InChI=1S/C22H20N4O.C2H6/c1-27-20-9-7-18(8-10-20)16-26-21(15-17-5-3-2-4-6-17)24-25-22(26)19-11-13-23-14-12-19;1-2/h2-14H,15-16H2,1H3;1-2H3. The number of aromatic nitrogens is 4. The number of pyridine rings is 1. The largest absolute Gasteiger partial charge is 0.497 e. The summed E-state index contributed by atoms with van der Waals surface area (Å²) in [6.07, 6.45) is 4.28. The molecule has 29 heavy (non-hydrogen) atoms. The first kappa shape index (κ1) is 20.3. The third-order valence-corrected chi connectivity index (χ3v) is 4.47. The zero-order valence-corrected chi connectivity index (χ0v) is 17.1. The molecule has 0 spiro atoms. The molecule has 5 heteroatoms. The van der Waals surface area contributed by atoms with Gasteiger partial charge < -0.3 is 9.30 Å². The Morgan fingerprint density at radius 3 is 2.14 bits per heavy atom. The fourth-order valence-electron chi connectivity index (χ4n) is 3.04. The van der Waals surface area contributed by atoms with Crippen molar-refractivity contribution in [2.75, 3.05) is 7.11 Å². The first-order chi connectivity index (χ1) is 14.3. The van der Waals surface area contributed by atoms with Gasteiger partial charge in [0.1, 0.15) is 11.6 Å². The second-order valence-corrected chi connectivity index (χ2v) is 6.27. The van der Waals surface area contributed by atoms with Crippen molar-refractivity contribution in [3.63, 3.8) is 0 Å². The molecule has 5 nitrogen and oxygen atoms in total. The van der Waals surface area contributed by atoms with E-state index < -0.39 is 0 Å². The number of benzene rings is 2. The molecular weight excluding hydrogens is 360 g/mol. The Morgan fingerprint density at radius 2 is 1.48 bits per heavy atom. The summed E-state index contributed by atoms with van der Waals surface area (Å²) in [7, 11) is 1.67. The number of hydrogen-bond acceptors (Lipinski definition) is 4. The topological polar surface area (TPSA) is 52.8 Å². The van der Waals surface area contributed by atoms with E-state index in [-0.39, 0.29) is 0 Å². The van der Waals surface area contributed by atoms with Crippen LogP contribution < -0.4 is 4.74 Å². The zero-order chi connectivity index (χ0) is 20.5. The highest BCUT2D eigenvalue weighted by Crippen LogP contribution is 2.21. The van der Waals surface area contributed by atoms with Gasteiger partial charge in [0.25, 0.3) is 0 Å². The molecule has 0 aliphatic heterocycles. The van der Waals surface area contributed by atoms with E-state index >= 15 is 0 Å². The van der Waals surface area contributed by atoms with Gasteiger partial charge in [-0.05, 0) is 35.4 Å². The lowest BCUT2D eigenvalue weighted by Gasteiger charge is -2.11. The summed E-state index contributed by atoms with van der Waals surface area (Å²) >= 11 is 0. The minimum absolute atomic E-state index is 0.691. The summed E-state index contributed by atoms with van der Waals surface area (Å²) in [6.45, 7) is 4.69. The molecule has 0 aliphatic rings. The molecule has 0 radical (unpaired) electrons. The van der Waals surface area contributed by atoms with Crippen LogP contribution in [-0.2, 0) is 13.0 Å². The van der Waals surface area contributed by atoms with Crippen molar-refractivity contribution < 1.29 is 4.74 Å². The summed E-state index contributed by atoms with van der Waals surface area (Å²) in [5.41, 5.74) is 3.38. The van der Waals surface area contributed by atoms with Crippen molar-refractivity contribution in [2.24, 2.45) is 0 Å². The summed E-state index contributed by atoms with van der Waals surface area (Å²) < 4.78 is 7.43. The van der Waals surface area contributed by atoms with E-state index in [1.165, 1.54) is 11.1 Å². The molecule has 0 bridgehead atoms. The van der Waals surface area contributed by atoms with Crippen LogP contribution in [0.3, 0.4) is 0 Å². The maximum atomic E-state index is 5.26. The van der Waals surface area contributed by atoms with Crippen LogP contribution in [0.15, 0.2) is 79.1 Å². The average molecular weight is 386 g/mol. The van der Waals surface area contributed by atoms with Crippen molar-refractivity contribution in [2.45, 2.75) is 26.8 Å². The molecule has 4 rings (SSSR count). The quantitative estimate of drug-likeness (QED) is 0.467. The van der Waals surface area contributed by atoms with Gasteiger partial charge in [-0.1, -0.05) is 56.3 Å². The van der Waals surface area contributed by atoms with E-state index in [1.54, 1.807) is 19.5 Å². The Hall–Kier alpha value is -3.47. The predicted octanol–water partition coefficient (Wildman–Crippen LogP) is 5.01. The van der Waals surface area contributed by atoms with Gasteiger partial charge >= 0.3 is 0 Å². The highest BCUT2D eigenvalue weighted by molar-refractivity contribution is 5.54. The Bertz CT molecular complexity index is 996. The maximum absolute atomic E-state index is 5.26. The molecule has 2 heterocycles. The Kier molecular flexibility index (Phi) is 7.11. The highest BCUT2D eigenvalue weighted by Gasteiger charge is 2.15. The van der Waals surface area contributed by atoms with Crippen LogP contribution >= 0.6 is 0 Å². The molecule has 0 saturated heterocycles. The van der Waals surface area contributed by atoms with E-state index in [2.05, 4.69) is 44.0 Å². The number of nitrogens with zero attached hydrogens (tertiary/aromatic N) is 4. The van der Waals surface area contributed by atoms with Gasteiger partial charge in [0.2, 0.25) is 0 Å². The van der Waals surface area contributed by atoms with Crippen LogP contribution in [0.25, 0.3) is 11.4 Å². The van der Waals surface area contributed by atoms with Gasteiger partial charge in [0, 0.05) is 24.4 Å². The summed E-state index contributed by atoms with van der Waals surface area (Å²) in [6, 6.07) is 22.3. The molecule has 2 aromatic heterocycles. The van der Waals surface area contributed by atoms with Crippen molar-refractivity contribution in [1.82, 2.24) is 19.7 Å². The van der Waals surface area contributed by atoms with Crippen LogP contribution in [0.1, 0.15) is 30.8 Å². The third-order valence-electron chi connectivity index (χ3n) is 4.47. The van der Waals surface area contributed by atoms with Crippen LogP contribution in [0.2, 0.25) is 0 Å². The van der Waals surface area contributed by atoms with Crippen molar-refractivity contribution in [3.05, 3.63) is 96.1 Å². The minimum Gasteiger partial charge on any atom is -0.497 e. The Balaban J connectivity index is 0.00000117. The maximum Gasteiger partial charge on any atom is 0.164 e. The van der Waals surface area contributed by atoms with Crippen LogP contribution in [-0.4, -0.2) is 26.9 Å². The smallest absolute Gasteiger partial charge is 0.164 e. The van der Waals surface area contributed by atoms with Crippen LogP contribution in [0, 0.1) is 0 Å². The molecule has 4 aromatic rings. The summed E-state index contributed by atoms with van der Waals surface area (Å²) in [4.78, 5) is 4.11. The fourth-order valence-corrected chi connectivity index (χ4v) is 3.04. The molecule has 2 aromatic carbocycles.